The predicted octanol–water partition coefficient (Wildman–Crippen LogP) is 1.92. The molecule has 1 aliphatic rings. The lowest BCUT2D eigenvalue weighted by molar-refractivity contribution is -0.674. The van der Waals surface area contributed by atoms with E-state index in [2.05, 4.69) is 30.1 Å². The number of anilines is 1. The zero-order chi connectivity index (χ0) is 19.7. The van der Waals surface area contributed by atoms with Crippen molar-refractivity contribution in [3.8, 4) is 5.75 Å². The van der Waals surface area contributed by atoms with Gasteiger partial charge in [-0.25, -0.2) is 4.90 Å². The van der Waals surface area contributed by atoms with Gasteiger partial charge in [0, 0.05) is 29.6 Å². The molecule has 1 aromatic heterocycles. The molecule has 6 nitrogen and oxygen atoms in total. The molecule has 0 saturated carbocycles. The Balaban J connectivity index is 1.42. The van der Waals surface area contributed by atoms with Crippen molar-refractivity contribution < 1.29 is 19.6 Å². The Labute approximate surface area is 163 Å². The van der Waals surface area contributed by atoms with Crippen molar-refractivity contribution in [3.63, 3.8) is 0 Å². The summed E-state index contributed by atoms with van der Waals surface area (Å²) >= 11 is 0. The second-order valence-electron chi connectivity index (χ2n) is 7.22. The van der Waals surface area contributed by atoms with Crippen molar-refractivity contribution in [2.24, 2.45) is 0 Å². The number of methoxy groups -OCH3 is 1. The van der Waals surface area contributed by atoms with Crippen molar-refractivity contribution >= 4 is 28.4 Å². The standard InChI is InChI=1S/C22H23N3O3/c1-14-6-7-19-18(10-14)15(13-24-19)8-9-23-20-12-21(26)25(22(20)27)16-4-3-5-17(11-16)28-2/h3-7,10-11,13,20,23-24H,8-9,12H2,1-2H3/p+1/t20-/m1/s1. The molecule has 1 saturated heterocycles. The fourth-order valence-electron chi connectivity index (χ4n) is 3.80. The molecule has 2 amide bonds. The molecule has 1 aliphatic heterocycles. The van der Waals surface area contributed by atoms with Crippen LogP contribution in [0, 0.1) is 6.92 Å². The minimum absolute atomic E-state index is 0.159. The van der Waals surface area contributed by atoms with Gasteiger partial charge in [0.15, 0.2) is 6.04 Å². The number of carbonyl (C=O) groups is 2. The van der Waals surface area contributed by atoms with Gasteiger partial charge < -0.3 is 15.0 Å². The number of hydrogen-bond acceptors (Lipinski definition) is 3. The molecular formula is C22H24N3O3+. The Bertz CT molecular complexity index is 1040. The highest BCUT2D eigenvalue weighted by Gasteiger charge is 2.42. The molecule has 0 spiro atoms. The van der Waals surface area contributed by atoms with E-state index in [1.54, 1.807) is 31.4 Å². The number of H-pyrrole nitrogens is 1. The Kier molecular flexibility index (Phi) is 4.88. The lowest BCUT2D eigenvalue weighted by Gasteiger charge is -2.15. The molecule has 144 valence electrons. The fraction of sp³-hybridized carbons (Fsp3) is 0.273. The number of nitrogens with two attached hydrogens (primary N) is 1. The SMILES string of the molecule is COc1cccc(N2C(=O)C[C@@H]([NH2+]CCc3c[nH]c4ccc(C)cc34)C2=O)c1. The number of aromatic nitrogens is 1. The number of carbonyl (C=O) groups excluding carboxylic acids is 2. The number of nitrogens with zero attached hydrogens (tertiary/aromatic N) is 1. The summed E-state index contributed by atoms with van der Waals surface area (Å²) in [6, 6.07) is 13.0. The van der Waals surface area contributed by atoms with Gasteiger partial charge in [0.25, 0.3) is 5.91 Å². The summed E-state index contributed by atoms with van der Waals surface area (Å²) in [7, 11) is 1.57. The largest absolute Gasteiger partial charge is 0.497 e. The minimum Gasteiger partial charge on any atom is -0.497 e. The summed E-state index contributed by atoms with van der Waals surface area (Å²) in [6.45, 7) is 2.83. The Morgan fingerprint density at radius 1 is 1.21 bits per heavy atom. The minimum atomic E-state index is -0.370. The lowest BCUT2D eigenvalue weighted by Crippen LogP contribution is -2.92. The highest BCUT2D eigenvalue weighted by molar-refractivity contribution is 6.21. The van der Waals surface area contributed by atoms with E-state index in [1.165, 1.54) is 21.4 Å². The van der Waals surface area contributed by atoms with Crippen LogP contribution < -0.4 is 15.0 Å². The molecule has 1 atom stereocenters. The Morgan fingerprint density at radius 2 is 2.07 bits per heavy atom. The summed E-state index contributed by atoms with van der Waals surface area (Å²) < 4.78 is 5.20. The number of rotatable bonds is 6. The number of hydrogen-bond donors (Lipinski definition) is 2. The van der Waals surface area contributed by atoms with Crippen molar-refractivity contribution in [1.29, 1.82) is 0 Å². The van der Waals surface area contributed by atoms with Gasteiger partial charge in [0.2, 0.25) is 5.91 Å². The predicted molar refractivity (Wildman–Crippen MR) is 107 cm³/mol. The summed E-state index contributed by atoms with van der Waals surface area (Å²) in [5.41, 5.74) is 4.15. The van der Waals surface area contributed by atoms with Gasteiger partial charge in [-0.15, -0.1) is 0 Å². The maximum Gasteiger partial charge on any atom is 0.292 e. The first kappa shape index (κ1) is 18.3. The van der Waals surface area contributed by atoms with Crippen LogP contribution in [0.5, 0.6) is 5.75 Å². The summed E-state index contributed by atoms with van der Waals surface area (Å²) in [5.74, 6) is 0.301. The zero-order valence-corrected chi connectivity index (χ0v) is 16.1. The molecule has 28 heavy (non-hydrogen) atoms. The van der Waals surface area contributed by atoms with Crippen molar-refractivity contribution in [3.05, 3.63) is 59.8 Å². The Hall–Kier alpha value is -3.12. The molecule has 2 aromatic carbocycles. The van der Waals surface area contributed by atoms with E-state index >= 15 is 0 Å². The monoisotopic (exact) mass is 378 g/mol. The molecule has 3 N–H and O–H groups in total. The number of aromatic amines is 1. The molecule has 0 radical (unpaired) electrons. The number of nitrogens with one attached hydrogen (secondary N) is 1. The fourth-order valence-corrected chi connectivity index (χ4v) is 3.80. The number of benzene rings is 2. The molecule has 0 unspecified atom stereocenters. The second-order valence-corrected chi connectivity index (χ2v) is 7.22. The van der Waals surface area contributed by atoms with Gasteiger partial charge in [-0.2, -0.15) is 0 Å². The highest BCUT2D eigenvalue weighted by Crippen LogP contribution is 2.25. The smallest absolute Gasteiger partial charge is 0.292 e. The van der Waals surface area contributed by atoms with Crippen LogP contribution >= 0.6 is 0 Å². The molecule has 0 bridgehead atoms. The normalized spacial score (nSPS) is 16.9. The molecule has 2 heterocycles. The first-order chi connectivity index (χ1) is 13.6. The molecule has 4 rings (SSSR count). The molecule has 6 heteroatoms. The quantitative estimate of drug-likeness (QED) is 0.643. The van der Waals surface area contributed by atoms with E-state index in [0.29, 0.717) is 11.4 Å². The summed E-state index contributed by atoms with van der Waals surface area (Å²) in [4.78, 5) is 29.8. The van der Waals surface area contributed by atoms with Crippen LogP contribution in [0.15, 0.2) is 48.7 Å². The van der Waals surface area contributed by atoms with Crippen molar-refractivity contribution in [2.45, 2.75) is 25.8 Å². The number of amides is 2. The van der Waals surface area contributed by atoms with Gasteiger partial charge in [0.1, 0.15) is 5.75 Å². The van der Waals surface area contributed by atoms with Gasteiger partial charge in [-0.1, -0.05) is 17.7 Å². The average molecular weight is 378 g/mol. The van der Waals surface area contributed by atoms with E-state index in [0.717, 1.165) is 18.5 Å². The van der Waals surface area contributed by atoms with Crippen LogP contribution in [0.2, 0.25) is 0 Å². The van der Waals surface area contributed by atoms with Crippen molar-refractivity contribution in [2.75, 3.05) is 18.6 Å². The van der Waals surface area contributed by atoms with E-state index in [1.807, 2.05) is 11.5 Å². The maximum absolute atomic E-state index is 12.8. The van der Waals surface area contributed by atoms with Crippen molar-refractivity contribution in [1.82, 2.24) is 4.98 Å². The Morgan fingerprint density at radius 3 is 2.89 bits per heavy atom. The number of quaternary nitrogens is 1. The highest BCUT2D eigenvalue weighted by atomic mass is 16.5. The summed E-state index contributed by atoms with van der Waals surface area (Å²) in [5, 5.41) is 3.20. The van der Waals surface area contributed by atoms with Gasteiger partial charge >= 0.3 is 0 Å². The van der Waals surface area contributed by atoms with E-state index in [4.69, 9.17) is 4.74 Å². The van der Waals surface area contributed by atoms with Crippen LogP contribution in [0.3, 0.4) is 0 Å². The first-order valence-corrected chi connectivity index (χ1v) is 9.47. The van der Waals surface area contributed by atoms with Gasteiger partial charge in [-0.3, -0.25) is 9.59 Å². The third-order valence-corrected chi connectivity index (χ3v) is 5.28. The zero-order valence-electron chi connectivity index (χ0n) is 16.1. The number of aryl methyl sites for hydroxylation is 1. The number of ether oxygens (including phenoxy) is 1. The average Bonchev–Trinajstić information content (AvgIpc) is 3.22. The van der Waals surface area contributed by atoms with E-state index in [9.17, 15) is 9.59 Å². The van der Waals surface area contributed by atoms with Gasteiger partial charge in [-0.05, 0) is 36.8 Å². The van der Waals surface area contributed by atoms with Crippen LogP contribution in [-0.4, -0.2) is 36.5 Å². The van der Waals surface area contributed by atoms with Gasteiger partial charge in [0.05, 0.1) is 25.8 Å². The van der Waals surface area contributed by atoms with E-state index < -0.39 is 0 Å². The molecular weight excluding hydrogens is 354 g/mol. The van der Waals surface area contributed by atoms with Crippen LogP contribution in [0.25, 0.3) is 10.9 Å². The maximum atomic E-state index is 12.8. The number of fused-ring (bicyclic) bond motifs is 1. The van der Waals surface area contributed by atoms with Crippen LogP contribution in [-0.2, 0) is 16.0 Å². The second kappa shape index (κ2) is 7.48. The molecule has 0 aliphatic carbocycles. The first-order valence-electron chi connectivity index (χ1n) is 9.47. The number of imide groups is 1. The van der Waals surface area contributed by atoms with E-state index in [-0.39, 0.29) is 24.3 Å². The molecule has 1 fully saturated rings. The lowest BCUT2D eigenvalue weighted by atomic mass is 10.1. The third-order valence-electron chi connectivity index (χ3n) is 5.28. The third kappa shape index (κ3) is 3.39. The topological polar surface area (TPSA) is 79.0 Å². The van der Waals surface area contributed by atoms with Crippen LogP contribution in [0.1, 0.15) is 17.5 Å². The van der Waals surface area contributed by atoms with Crippen LogP contribution in [0.4, 0.5) is 5.69 Å². The summed E-state index contributed by atoms with van der Waals surface area (Å²) in [6.07, 6.45) is 3.09. The molecule has 3 aromatic rings.